The maximum atomic E-state index is 13.3. The molecule has 3 heterocycles. The highest BCUT2D eigenvalue weighted by Crippen LogP contribution is 2.20. The molecule has 0 amide bonds. The number of aliphatic hydroxyl groups excluding tert-OH is 1. The van der Waals surface area contributed by atoms with Crippen LogP contribution in [0.15, 0.2) is 53.5 Å². The van der Waals surface area contributed by atoms with Gasteiger partial charge in [0, 0.05) is 31.1 Å². The lowest BCUT2D eigenvalue weighted by Gasteiger charge is -2.22. The molecule has 0 radical (unpaired) electrons. The lowest BCUT2D eigenvalue weighted by Crippen LogP contribution is -2.29. The number of nitrogens with zero attached hydrogens (tertiary/aromatic N) is 4. The van der Waals surface area contributed by atoms with Crippen LogP contribution in [0.1, 0.15) is 23.7 Å². The quantitative estimate of drug-likeness (QED) is 0.724. The molecule has 2 aliphatic heterocycles. The van der Waals surface area contributed by atoms with Gasteiger partial charge in [-0.1, -0.05) is 12.1 Å². The molecule has 1 unspecified atom stereocenters. The number of amidine groups is 1. The second-order valence-electron chi connectivity index (χ2n) is 6.40. The van der Waals surface area contributed by atoms with Crippen molar-refractivity contribution in [3.05, 3.63) is 65.5 Å². The van der Waals surface area contributed by atoms with Gasteiger partial charge in [-0.05, 0) is 24.1 Å². The third-order valence-electron chi connectivity index (χ3n) is 4.38. The number of aliphatic imine (C=N–C) groups is 1. The Morgan fingerprint density at radius 3 is 3.08 bits per heavy atom. The zero-order chi connectivity index (χ0) is 17.9. The standard InChI is InChI=1S/C18H21FN6O/c19-15-4-1-3-13(7-15)9-25-10-14(8-21-25)17-22-16-11-24(5-2-6-26)12-20-18(16)23-17/h1,3-4,7-8,10-11,17,22,26H,2,5-6,9,12H2,(H,20,23). The fraction of sp³-hybridized carbons (Fsp3) is 0.333. The molecule has 1 aromatic heterocycles. The molecular weight excluding hydrogens is 335 g/mol. The Balaban J connectivity index is 1.43. The summed E-state index contributed by atoms with van der Waals surface area (Å²) in [4.78, 5) is 6.60. The fourth-order valence-electron chi connectivity index (χ4n) is 3.10. The molecule has 136 valence electrons. The highest BCUT2D eigenvalue weighted by Gasteiger charge is 2.28. The van der Waals surface area contributed by atoms with Gasteiger partial charge in [0.2, 0.25) is 0 Å². The number of aromatic nitrogens is 2. The van der Waals surface area contributed by atoms with E-state index in [-0.39, 0.29) is 18.6 Å². The van der Waals surface area contributed by atoms with Gasteiger partial charge < -0.3 is 20.6 Å². The average Bonchev–Trinajstić information content (AvgIpc) is 3.26. The van der Waals surface area contributed by atoms with Crippen molar-refractivity contribution in [2.75, 3.05) is 19.8 Å². The summed E-state index contributed by atoms with van der Waals surface area (Å²) in [6.07, 6.45) is 6.39. The van der Waals surface area contributed by atoms with Gasteiger partial charge in [0.05, 0.1) is 18.4 Å². The van der Waals surface area contributed by atoms with Crippen LogP contribution in [-0.2, 0) is 6.54 Å². The molecule has 3 N–H and O–H groups in total. The molecule has 2 aromatic rings. The van der Waals surface area contributed by atoms with Gasteiger partial charge >= 0.3 is 0 Å². The Bertz CT molecular complexity index is 846. The minimum Gasteiger partial charge on any atom is -0.396 e. The molecule has 0 aliphatic carbocycles. The first-order chi connectivity index (χ1) is 12.7. The second-order valence-corrected chi connectivity index (χ2v) is 6.40. The average molecular weight is 356 g/mol. The van der Waals surface area contributed by atoms with Crippen LogP contribution in [0.3, 0.4) is 0 Å². The zero-order valence-electron chi connectivity index (χ0n) is 14.3. The van der Waals surface area contributed by atoms with E-state index >= 15 is 0 Å². The van der Waals surface area contributed by atoms with Crippen LogP contribution < -0.4 is 10.6 Å². The molecule has 26 heavy (non-hydrogen) atoms. The number of fused-ring (bicyclic) bond motifs is 1. The Morgan fingerprint density at radius 1 is 1.31 bits per heavy atom. The number of aliphatic hydroxyl groups is 1. The third kappa shape index (κ3) is 3.55. The summed E-state index contributed by atoms with van der Waals surface area (Å²) in [6, 6.07) is 6.53. The SMILES string of the molecule is OCCCN1C=C2NC(c3cnn(Cc4cccc(F)c4)c3)NC2=NC1. The largest absolute Gasteiger partial charge is 0.396 e. The van der Waals surface area contributed by atoms with Crippen LogP contribution in [-0.4, -0.2) is 45.4 Å². The molecule has 2 aliphatic rings. The van der Waals surface area contributed by atoms with E-state index in [1.807, 2.05) is 18.5 Å². The lowest BCUT2D eigenvalue weighted by molar-refractivity contribution is 0.259. The van der Waals surface area contributed by atoms with Crippen molar-refractivity contribution in [1.82, 2.24) is 25.3 Å². The van der Waals surface area contributed by atoms with Crippen molar-refractivity contribution in [2.45, 2.75) is 19.1 Å². The van der Waals surface area contributed by atoms with Gasteiger partial charge in [-0.3, -0.25) is 4.68 Å². The molecule has 7 nitrogen and oxygen atoms in total. The number of hydrogen-bond donors (Lipinski definition) is 3. The van der Waals surface area contributed by atoms with Crippen molar-refractivity contribution in [3.8, 4) is 0 Å². The van der Waals surface area contributed by atoms with E-state index < -0.39 is 0 Å². The maximum absolute atomic E-state index is 13.3. The molecule has 8 heteroatoms. The number of halogens is 1. The number of rotatable bonds is 6. The van der Waals surface area contributed by atoms with Crippen LogP contribution in [0.25, 0.3) is 0 Å². The number of hydrogen-bond acceptors (Lipinski definition) is 6. The van der Waals surface area contributed by atoms with E-state index in [9.17, 15) is 4.39 Å². The van der Waals surface area contributed by atoms with E-state index in [1.165, 1.54) is 12.1 Å². The Hall–Kier alpha value is -2.87. The van der Waals surface area contributed by atoms with Crippen molar-refractivity contribution in [1.29, 1.82) is 0 Å². The van der Waals surface area contributed by atoms with Crippen LogP contribution in [0, 0.1) is 5.82 Å². The minimum atomic E-state index is -0.242. The Labute approximate surface area is 150 Å². The van der Waals surface area contributed by atoms with Gasteiger partial charge in [-0.25, -0.2) is 9.38 Å². The van der Waals surface area contributed by atoms with E-state index in [1.54, 1.807) is 16.9 Å². The molecule has 1 atom stereocenters. The smallest absolute Gasteiger partial charge is 0.149 e. The lowest BCUT2D eigenvalue weighted by atomic mass is 10.2. The van der Waals surface area contributed by atoms with E-state index in [4.69, 9.17) is 5.11 Å². The molecule has 1 saturated heterocycles. The van der Waals surface area contributed by atoms with Gasteiger partial charge in [0.1, 0.15) is 24.5 Å². The Kier molecular flexibility index (Phi) is 4.57. The summed E-state index contributed by atoms with van der Waals surface area (Å²) in [6.45, 7) is 2.05. The van der Waals surface area contributed by atoms with Crippen molar-refractivity contribution < 1.29 is 9.50 Å². The predicted octanol–water partition coefficient (Wildman–Crippen LogP) is 1.16. The third-order valence-corrected chi connectivity index (χ3v) is 4.38. The second kappa shape index (κ2) is 7.17. The topological polar surface area (TPSA) is 77.7 Å². The van der Waals surface area contributed by atoms with Crippen molar-refractivity contribution in [3.63, 3.8) is 0 Å². The number of nitrogens with one attached hydrogen (secondary N) is 2. The van der Waals surface area contributed by atoms with Gasteiger partial charge in [-0.15, -0.1) is 0 Å². The van der Waals surface area contributed by atoms with Crippen molar-refractivity contribution in [2.24, 2.45) is 4.99 Å². The van der Waals surface area contributed by atoms with Crippen LogP contribution in [0.2, 0.25) is 0 Å². The van der Waals surface area contributed by atoms with E-state index in [0.29, 0.717) is 13.2 Å². The summed E-state index contributed by atoms with van der Waals surface area (Å²) < 4.78 is 15.1. The summed E-state index contributed by atoms with van der Waals surface area (Å²) in [5.41, 5.74) is 2.80. The predicted molar refractivity (Wildman–Crippen MR) is 95.5 cm³/mol. The number of benzene rings is 1. The summed E-state index contributed by atoms with van der Waals surface area (Å²) in [7, 11) is 0. The molecule has 0 spiro atoms. The molecule has 4 rings (SSSR count). The molecule has 0 bridgehead atoms. The first-order valence-corrected chi connectivity index (χ1v) is 8.63. The van der Waals surface area contributed by atoms with Gasteiger partial charge in [0.15, 0.2) is 0 Å². The first-order valence-electron chi connectivity index (χ1n) is 8.63. The molecular formula is C18H21FN6O. The maximum Gasteiger partial charge on any atom is 0.149 e. The monoisotopic (exact) mass is 356 g/mol. The summed E-state index contributed by atoms with van der Waals surface area (Å²) in [5, 5.41) is 20.1. The fourth-order valence-corrected chi connectivity index (χ4v) is 3.10. The first kappa shape index (κ1) is 16.6. The molecule has 1 fully saturated rings. The molecule has 0 saturated carbocycles. The van der Waals surface area contributed by atoms with Crippen molar-refractivity contribution >= 4 is 5.84 Å². The zero-order valence-corrected chi connectivity index (χ0v) is 14.3. The van der Waals surface area contributed by atoms with E-state index in [2.05, 4.69) is 25.6 Å². The van der Waals surface area contributed by atoms with Crippen LogP contribution in [0.5, 0.6) is 0 Å². The molecule has 1 aromatic carbocycles. The van der Waals surface area contributed by atoms with Gasteiger partial charge in [0.25, 0.3) is 0 Å². The normalized spacial score (nSPS) is 18.7. The van der Waals surface area contributed by atoms with Crippen LogP contribution >= 0.6 is 0 Å². The minimum absolute atomic E-state index is 0.0981. The summed E-state index contributed by atoms with van der Waals surface area (Å²) >= 11 is 0. The Morgan fingerprint density at radius 2 is 2.23 bits per heavy atom. The van der Waals surface area contributed by atoms with Crippen LogP contribution in [0.4, 0.5) is 4.39 Å². The van der Waals surface area contributed by atoms with E-state index in [0.717, 1.165) is 35.6 Å². The highest BCUT2D eigenvalue weighted by molar-refractivity contribution is 6.00. The summed E-state index contributed by atoms with van der Waals surface area (Å²) in [5.74, 6) is 0.599. The highest BCUT2D eigenvalue weighted by atomic mass is 19.1. The van der Waals surface area contributed by atoms with Gasteiger partial charge in [-0.2, -0.15) is 5.10 Å².